The molecule has 2 aliphatic heterocycles. The largest absolute Gasteiger partial charge is 0.490 e. The minimum absolute atomic E-state index is 0.0495. The minimum Gasteiger partial charge on any atom is -0.475 e. The van der Waals surface area contributed by atoms with Crippen LogP contribution in [0.3, 0.4) is 0 Å². The molecule has 0 aromatic heterocycles. The molecule has 2 heterocycles. The van der Waals surface area contributed by atoms with Crippen LogP contribution in [0.25, 0.3) is 0 Å². The molecule has 7 nitrogen and oxygen atoms in total. The van der Waals surface area contributed by atoms with Crippen LogP contribution >= 0.6 is 0 Å². The summed E-state index contributed by atoms with van der Waals surface area (Å²) < 4.78 is 64.4. The molecule has 1 aromatic rings. The predicted molar refractivity (Wildman–Crippen MR) is 94.2 cm³/mol. The second-order valence-corrected chi connectivity index (χ2v) is 8.93. The molecule has 3 atom stereocenters. The Morgan fingerprint density at radius 1 is 1.25 bits per heavy atom. The lowest BCUT2D eigenvalue weighted by Crippen LogP contribution is -2.33. The lowest BCUT2D eigenvalue weighted by Gasteiger charge is -2.22. The van der Waals surface area contributed by atoms with Crippen LogP contribution in [-0.2, 0) is 19.6 Å². The van der Waals surface area contributed by atoms with Crippen molar-refractivity contribution in [3.63, 3.8) is 0 Å². The lowest BCUT2D eigenvalue weighted by molar-refractivity contribution is -0.192. The number of nitrogens with zero attached hydrogens (tertiary/aromatic N) is 2. The van der Waals surface area contributed by atoms with Crippen molar-refractivity contribution in [3.05, 3.63) is 30.3 Å². The Morgan fingerprint density at radius 2 is 1.82 bits per heavy atom. The molecule has 0 saturated carbocycles. The molecule has 0 aliphatic carbocycles. The van der Waals surface area contributed by atoms with Crippen LogP contribution < -0.4 is 0 Å². The van der Waals surface area contributed by atoms with E-state index in [0.29, 0.717) is 29.8 Å². The van der Waals surface area contributed by atoms with Gasteiger partial charge in [-0.05, 0) is 26.2 Å². The van der Waals surface area contributed by atoms with E-state index in [0.717, 1.165) is 13.2 Å². The molecule has 2 saturated heterocycles. The van der Waals surface area contributed by atoms with E-state index in [1.807, 2.05) is 20.2 Å². The number of carbonyl (C=O) groups is 1. The first kappa shape index (κ1) is 22.6. The average molecular weight is 424 g/mol. The second kappa shape index (κ2) is 8.76. The van der Waals surface area contributed by atoms with Crippen molar-refractivity contribution < 1.29 is 36.2 Å². The number of alkyl halides is 3. The van der Waals surface area contributed by atoms with Crippen LogP contribution in [0.4, 0.5) is 13.2 Å². The molecule has 0 radical (unpaired) electrons. The molecule has 0 spiro atoms. The number of benzene rings is 1. The van der Waals surface area contributed by atoms with Crippen molar-refractivity contribution in [2.24, 2.45) is 11.8 Å². The highest BCUT2D eigenvalue weighted by molar-refractivity contribution is 7.89. The van der Waals surface area contributed by atoms with Gasteiger partial charge < -0.3 is 14.7 Å². The summed E-state index contributed by atoms with van der Waals surface area (Å²) in [7, 11) is 0.692. The topological polar surface area (TPSA) is 87.2 Å². The Bertz CT molecular complexity index is 771. The number of hydrogen-bond donors (Lipinski definition) is 1. The number of carboxylic acids is 1. The van der Waals surface area contributed by atoms with Crippen LogP contribution in [-0.4, -0.2) is 81.3 Å². The van der Waals surface area contributed by atoms with E-state index in [-0.39, 0.29) is 6.10 Å². The van der Waals surface area contributed by atoms with Crippen molar-refractivity contribution in [2.45, 2.75) is 17.2 Å². The Morgan fingerprint density at radius 3 is 2.32 bits per heavy atom. The number of aliphatic carboxylic acids is 1. The fourth-order valence-corrected chi connectivity index (χ4v) is 4.87. The number of fused-ring (bicyclic) bond motifs is 1. The molecule has 28 heavy (non-hydrogen) atoms. The van der Waals surface area contributed by atoms with Crippen molar-refractivity contribution in [1.29, 1.82) is 0 Å². The van der Waals surface area contributed by atoms with Crippen molar-refractivity contribution >= 4 is 16.0 Å². The predicted octanol–water partition coefficient (Wildman–Crippen LogP) is 1.52. The summed E-state index contributed by atoms with van der Waals surface area (Å²) >= 11 is 0. The Labute approximate surface area is 161 Å². The number of sulfonamides is 1. The van der Waals surface area contributed by atoms with Gasteiger partial charge in [-0.1, -0.05) is 18.2 Å². The molecule has 1 aromatic carbocycles. The van der Waals surface area contributed by atoms with E-state index >= 15 is 0 Å². The SMILES string of the molecule is CN(C)C[C@@H]1CO[C@@H]2CN(S(=O)(=O)c3ccccc3)C[C@H]12.O=C(O)C(F)(F)F. The van der Waals surface area contributed by atoms with Crippen LogP contribution in [0.1, 0.15) is 0 Å². The highest BCUT2D eigenvalue weighted by atomic mass is 32.2. The second-order valence-electron chi connectivity index (χ2n) is 7.00. The summed E-state index contributed by atoms with van der Waals surface area (Å²) in [6.07, 6.45) is -5.03. The molecule has 1 N–H and O–H groups in total. The van der Waals surface area contributed by atoms with Gasteiger partial charge in [0, 0.05) is 31.5 Å². The van der Waals surface area contributed by atoms with Crippen molar-refractivity contribution in [1.82, 2.24) is 9.21 Å². The van der Waals surface area contributed by atoms with Gasteiger partial charge in [0.1, 0.15) is 0 Å². The first-order valence-corrected chi connectivity index (χ1v) is 9.98. The highest BCUT2D eigenvalue weighted by Gasteiger charge is 2.47. The summed E-state index contributed by atoms with van der Waals surface area (Å²) in [5, 5.41) is 7.12. The highest BCUT2D eigenvalue weighted by Crippen LogP contribution is 2.36. The maximum Gasteiger partial charge on any atom is 0.490 e. The molecular weight excluding hydrogens is 401 g/mol. The quantitative estimate of drug-likeness (QED) is 0.789. The first-order valence-electron chi connectivity index (χ1n) is 8.54. The van der Waals surface area contributed by atoms with E-state index in [4.69, 9.17) is 14.6 Å². The minimum atomic E-state index is -5.08. The van der Waals surface area contributed by atoms with Crippen LogP contribution in [0.5, 0.6) is 0 Å². The summed E-state index contributed by atoms with van der Waals surface area (Å²) in [5.74, 6) is -2.03. The van der Waals surface area contributed by atoms with Gasteiger partial charge in [0.15, 0.2) is 0 Å². The molecule has 2 fully saturated rings. The third-order valence-corrected chi connectivity index (χ3v) is 6.47. The summed E-state index contributed by atoms with van der Waals surface area (Å²) in [6.45, 7) is 2.74. The maximum atomic E-state index is 12.7. The molecule has 0 amide bonds. The zero-order chi connectivity index (χ0) is 21.1. The molecule has 158 valence electrons. The Hall–Kier alpha value is -1.69. The number of halogens is 3. The fraction of sp³-hybridized carbons (Fsp3) is 0.588. The number of ether oxygens (including phenoxy) is 1. The lowest BCUT2D eigenvalue weighted by atomic mass is 9.93. The Balaban J connectivity index is 0.000000345. The smallest absolute Gasteiger partial charge is 0.475 e. The van der Waals surface area contributed by atoms with Gasteiger partial charge in [-0.2, -0.15) is 17.5 Å². The van der Waals surface area contributed by atoms with Gasteiger partial charge in [-0.3, -0.25) is 0 Å². The monoisotopic (exact) mass is 424 g/mol. The molecule has 11 heteroatoms. The standard InChI is InChI=1S/C15H22N2O3S.C2HF3O2/c1-16(2)8-12-11-20-15-10-17(9-14(12)15)21(18,19)13-6-4-3-5-7-13;3-2(4,5)1(6)7/h3-7,12,14-15H,8-11H2,1-2H3;(H,6,7)/t12-,14-,15-;/m1./s1. The van der Waals surface area contributed by atoms with E-state index < -0.39 is 22.2 Å². The van der Waals surface area contributed by atoms with E-state index in [1.165, 1.54) is 0 Å². The van der Waals surface area contributed by atoms with Gasteiger partial charge in [-0.15, -0.1) is 0 Å². The average Bonchev–Trinajstić information content (AvgIpc) is 3.17. The third-order valence-electron chi connectivity index (χ3n) is 4.63. The number of rotatable bonds is 4. The van der Waals surface area contributed by atoms with Crippen LogP contribution in [0.2, 0.25) is 0 Å². The number of carboxylic acid groups (broad SMARTS) is 1. The third kappa shape index (κ3) is 5.43. The van der Waals surface area contributed by atoms with Gasteiger partial charge in [0.2, 0.25) is 10.0 Å². The molecule has 0 bridgehead atoms. The Kier molecular flexibility index (Phi) is 7.07. The van der Waals surface area contributed by atoms with Gasteiger partial charge in [0.05, 0.1) is 17.6 Å². The zero-order valence-electron chi connectivity index (χ0n) is 15.5. The van der Waals surface area contributed by atoms with Gasteiger partial charge >= 0.3 is 12.1 Å². The van der Waals surface area contributed by atoms with Crippen molar-refractivity contribution in [2.75, 3.05) is 40.3 Å². The van der Waals surface area contributed by atoms with Crippen LogP contribution in [0, 0.1) is 11.8 Å². The normalized spacial score (nSPS) is 25.3. The summed E-state index contributed by atoms with van der Waals surface area (Å²) in [5.41, 5.74) is 0. The van der Waals surface area contributed by atoms with Crippen molar-refractivity contribution in [3.8, 4) is 0 Å². The van der Waals surface area contributed by atoms with E-state index in [1.54, 1.807) is 28.6 Å². The van der Waals surface area contributed by atoms with Gasteiger partial charge in [-0.25, -0.2) is 13.2 Å². The van der Waals surface area contributed by atoms with E-state index in [2.05, 4.69) is 4.90 Å². The summed E-state index contributed by atoms with van der Waals surface area (Å²) in [4.78, 5) is 11.4. The van der Waals surface area contributed by atoms with Gasteiger partial charge in [0.25, 0.3) is 0 Å². The number of hydrogen-bond acceptors (Lipinski definition) is 5. The van der Waals surface area contributed by atoms with E-state index in [9.17, 15) is 21.6 Å². The maximum absolute atomic E-state index is 12.7. The van der Waals surface area contributed by atoms with Crippen LogP contribution in [0.15, 0.2) is 35.2 Å². The summed E-state index contributed by atoms with van der Waals surface area (Å²) in [6, 6.07) is 8.65. The zero-order valence-corrected chi connectivity index (χ0v) is 16.3. The molecule has 3 rings (SSSR count). The molecule has 2 aliphatic rings. The molecular formula is C17H23F3N2O5S. The first-order chi connectivity index (χ1) is 12.9. The fourth-order valence-electron chi connectivity index (χ4n) is 3.36. The molecule has 0 unspecified atom stereocenters.